The third-order valence-corrected chi connectivity index (χ3v) is 3.62. The first-order valence-electron chi connectivity index (χ1n) is 8.37. The highest BCUT2D eigenvalue weighted by atomic mass is 16.7. The quantitative estimate of drug-likeness (QED) is 0.553. The van der Waals surface area contributed by atoms with Crippen molar-refractivity contribution in [3.8, 4) is 17.2 Å². The third-order valence-electron chi connectivity index (χ3n) is 3.62. The van der Waals surface area contributed by atoms with Crippen LogP contribution in [0.5, 0.6) is 17.2 Å². The van der Waals surface area contributed by atoms with Gasteiger partial charge in [-0.25, -0.2) is 9.59 Å². The predicted molar refractivity (Wildman–Crippen MR) is 95.2 cm³/mol. The van der Waals surface area contributed by atoms with Crippen LogP contribution >= 0.6 is 0 Å². The summed E-state index contributed by atoms with van der Waals surface area (Å²) in [5.74, 6) is 0.836. The molecule has 0 heterocycles. The van der Waals surface area contributed by atoms with Crippen LogP contribution in [0.3, 0.4) is 0 Å². The van der Waals surface area contributed by atoms with E-state index in [-0.39, 0.29) is 19.0 Å². The molecule has 0 N–H and O–H groups in total. The first kappa shape index (κ1) is 19.4. The Morgan fingerprint density at radius 1 is 0.808 bits per heavy atom. The Hall–Kier alpha value is -2.96. The molecule has 2 aromatic rings. The Labute approximate surface area is 151 Å². The smallest absolute Gasteiger partial charge is 0.492 e. The molecule has 0 bridgehead atoms. The van der Waals surface area contributed by atoms with Gasteiger partial charge in [-0.3, -0.25) is 0 Å². The SMILES string of the molecule is CCOC(=O)Oc1c(CC)c(OC)c(OC(=O)OCC)c2ccccc12. The summed E-state index contributed by atoms with van der Waals surface area (Å²) in [5.41, 5.74) is 0.582. The molecule has 7 heteroatoms. The number of ether oxygens (including phenoxy) is 5. The Kier molecular flexibility index (Phi) is 6.66. The van der Waals surface area contributed by atoms with Crippen molar-refractivity contribution in [3.05, 3.63) is 29.8 Å². The Bertz CT molecular complexity index is 732. The zero-order valence-electron chi connectivity index (χ0n) is 15.3. The molecule has 140 valence electrons. The number of fused-ring (bicyclic) bond motifs is 1. The molecule has 0 fully saturated rings. The fourth-order valence-corrected chi connectivity index (χ4v) is 2.62. The van der Waals surface area contributed by atoms with E-state index >= 15 is 0 Å². The van der Waals surface area contributed by atoms with E-state index in [0.29, 0.717) is 34.3 Å². The van der Waals surface area contributed by atoms with Crippen LogP contribution in [0.4, 0.5) is 9.59 Å². The highest BCUT2D eigenvalue weighted by Gasteiger charge is 2.25. The summed E-state index contributed by atoms with van der Waals surface area (Å²) in [6.45, 7) is 5.63. The summed E-state index contributed by atoms with van der Waals surface area (Å²) < 4.78 is 26.0. The Morgan fingerprint density at radius 2 is 1.31 bits per heavy atom. The van der Waals surface area contributed by atoms with E-state index in [9.17, 15) is 9.59 Å². The lowest BCUT2D eigenvalue weighted by Gasteiger charge is -2.19. The summed E-state index contributed by atoms with van der Waals surface area (Å²) in [4.78, 5) is 23.7. The average Bonchev–Trinajstić information content (AvgIpc) is 2.63. The fourth-order valence-electron chi connectivity index (χ4n) is 2.62. The number of carbonyl (C=O) groups excluding carboxylic acids is 2. The van der Waals surface area contributed by atoms with Crippen LogP contribution in [0.25, 0.3) is 10.8 Å². The molecule has 2 aromatic carbocycles. The van der Waals surface area contributed by atoms with Gasteiger partial charge in [0.25, 0.3) is 0 Å². The van der Waals surface area contributed by atoms with Gasteiger partial charge >= 0.3 is 12.3 Å². The monoisotopic (exact) mass is 362 g/mol. The first-order chi connectivity index (χ1) is 12.6. The second kappa shape index (κ2) is 8.94. The van der Waals surface area contributed by atoms with E-state index in [0.717, 1.165) is 0 Å². The van der Waals surface area contributed by atoms with Gasteiger partial charge < -0.3 is 23.7 Å². The van der Waals surface area contributed by atoms with Gasteiger partial charge in [0.1, 0.15) is 5.75 Å². The third kappa shape index (κ3) is 3.99. The van der Waals surface area contributed by atoms with Gasteiger partial charge in [0.05, 0.1) is 20.3 Å². The lowest BCUT2D eigenvalue weighted by atomic mass is 10.0. The lowest BCUT2D eigenvalue weighted by Crippen LogP contribution is -2.14. The standard InChI is InChI=1S/C19H22O7/c1-5-12-15(25-18(20)23-6-2)13-10-8-9-11-14(13)17(16(12)22-4)26-19(21)24-7-3/h8-11H,5-7H2,1-4H3. The fraction of sp³-hybridized carbons (Fsp3) is 0.368. The van der Waals surface area contributed by atoms with Crippen molar-refractivity contribution in [2.75, 3.05) is 20.3 Å². The van der Waals surface area contributed by atoms with Gasteiger partial charge in [-0.2, -0.15) is 0 Å². The van der Waals surface area contributed by atoms with Crippen LogP contribution in [0.1, 0.15) is 26.3 Å². The predicted octanol–water partition coefficient (Wildman–Crippen LogP) is 4.48. The van der Waals surface area contributed by atoms with Crippen LogP contribution in [0, 0.1) is 0 Å². The van der Waals surface area contributed by atoms with E-state index in [1.165, 1.54) is 7.11 Å². The minimum absolute atomic E-state index is 0.184. The van der Waals surface area contributed by atoms with Gasteiger partial charge in [0.15, 0.2) is 11.5 Å². The maximum Gasteiger partial charge on any atom is 0.513 e. The molecule has 0 atom stereocenters. The number of carbonyl (C=O) groups is 2. The highest BCUT2D eigenvalue weighted by Crippen LogP contribution is 2.46. The molecule has 0 unspecified atom stereocenters. The van der Waals surface area contributed by atoms with Gasteiger partial charge in [-0.1, -0.05) is 31.2 Å². The van der Waals surface area contributed by atoms with Gasteiger partial charge in [-0.15, -0.1) is 0 Å². The molecule has 0 aliphatic heterocycles. The van der Waals surface area contributed by atoms with Crippen molar-refractivity contribution in [3.63, 3.8) is 0 Å². The number of hydrogen-bond donors (Lipinski definition) is 0. The molecule has 0 aliphatic carbocycles. The van der Waals surface area contributed by atoms with Gasteiger partial charge in [-0.05, 0) is 20.3 Å². The number of benzene rings is 2. The van der Waals surface area contributed by atoms with Crippen molar-refractivity contribution < 1.29 is 33.3 Å². The van der Waals surface area contributed by atoms with Crippen LogP contribution in [0.2, 0.25) is 0 Å². The zero-order chi connectivity index (χ0) is 19.1. The molecular weight excluding hydrogens is 340 g/mol. The molecule has 7 nitrogen and oxygen atoms in total. The molecule has 0 radical (unpaired) electrons. The van der Waals surface area contributed by atoms with Crippen molar-refractivity contribution in [2.45, 2.75) is 27.2 Å². The molecule has 26 heavy (non-hydrogen) atoms. The van der Waals surface area contributed by atoms with Crippen LogP contribution < -0.4 is 14.2 Å². The summed E-state index contributed by atoms with van der Waals surface area (Å²) in [6, 6.07) is 7.07. The Morgan fingerprint density at radius 3 is 1.77 bits per heavy atom. The molecule has 0 saturated heterocycles. The second-order valence-electron chi connectivity index (χ2n) is 5.14. The summed E-state index contributed by atoms with van der Waals surface area (Å²) in [5, 5.41) is 1.14. The lowest BCUT2D eigenvalue weighted by molar-refractivity contribution is 0.101. The Balaban J connectivity index is 2.69. The topological polar surface area (TPSA) is 80.3 Å². The minimum Gasteiger partial charge on any atom is -0.492 e. The van der Waals surface area contributed by atoms with E-state index < -0.39 is 12.3 Å². The number of rotatable bonds is 6. The summed E-state index contributed by atoms with van der Waals surface area (Å²) in [6.07, 6.45) is -1.17. The normalized spacial score (nSPS) is 10.3. The van der Waals surface area contributed by atoms with Crippen molar-refractivity contribution in [1.29, 1.82) is 0 Å². The molecule has 0 amide bonds. The van der Waals surface area contributed by atoms with Crippen LogP contribution in [-0.4, -0.2) is 32.6 Å². The molecule has 0 spiro atoms. The van der Waals surface area contributed by atoms with Crippen LogP contribution in [0.15, 0.2) is 24.3 Å². The molecular formula is C19H22O7. The maximum absolute atomic E-state index is 11.9. The second-order valence-corrected chi connectivity index (χ2v) is 5.14. The van der Waals surface area contributed by atoms with Crippen molar-refractivity contribution >= 4 is 23.1 Å². The first-order valence-corrected chi connectivity index (χ1v) is 8.37. The summed E-state index contributed by atoms with van der Waals surface area (Å²) >= 11 is 0. The molecule has 0 aromatic heterocycles. The van der Waals surface area contributed by atoms with E-state index in [4.69, 9.17) is 23.7 Å². The maximum atomic E-state index is 11.9. The van der Waals surface area contributed by atoms with Crippen molar-refractivity contribution in [1.82, 2.24) is 0 Å². The minimum atomic E-state index is -0.836. The summed E-state index contributed by atoms with van der Waals surface area (Å²) in [7, 11) is 1.45. The number of methoxy groups -OCH3 is 1. The average molecular weight is 362 g/mol. The highest BCUT2D eigenvalue weighted by molar-refractivity contribution is 5.99. The van der Waals surface area contributed by atoms with Crippen molar-refractivity contribution in [2.24, 2.45) is 0 Å². The van der Waals surface area contributed by atoms with Gasteiger partial charge in [0, 0.05) is 16.3 Å². The van der Waals surface area contributed by atoms with E-state index in [1.807, 2.05) is 6.92 Å². The number of hydrogen-bond acceptors (Lipinski definition) is 7. The zero-order valence-corrected chi connectivity index (χ0v) is 15.3. The molecule has 0 saturated carbocycles. The molecule has 2 rings (SSSR count). The van der Waals surface area contributed by atoms with Crippen LogP contribution in [-0.2, 0) is 15.9 Å². The van der Waals surface area contributed by atoms with E-state index in [1.54, 1.807) is 38.1 Å². The van der Waals surface area contributed by atoms with E-state index in [2.05, 4.69) is 0 Å². The largest absolute Gasteiger partial charge is 0.513 e. The van der Waals surface area contributed by atoms with Gasteiger partial charge in [0.2, 0.25) is 0 Å². The molecule has 0 aliphatic rings.